The molecule has 0 heterocycles. The van der Waals surface area contributed by atoms with Crippen LogP contribution >= 0.6 is 0 Å². The van der Waals surface area contributed by atoms with Crippen molar-refractivity contribution in [1.82, 2.24) is 0 Å². The van der Waals surface area contributed by atoms with Gasteiger partial charge in [-0.3, -0.25) is 0 Å². The summed E-state index contributed by atoms with van der Waals surface area (Å²) >= 11 is 0. The molecule has 0 bridgehead atoms. The predicted octanol–water partition coefficient (Wildman–Crippen LogP) is 0.691. The van der Waals surface area contributed by atoms with Crippen LogP contribution in [0, 0.1) is 0 Å². The molecule has 1 aromatic carbocycles. The molecule has 0 atom stereocenters. The zero-order chi connectivity index (χ0) is 17.0. The van der Waals surface area contributed by atoms with E-state index in [1.807, 2.05) is 0 Å². The van der Waals surface area contributed by atoms with E-state index in [1.54, 1.807) is 0 Å². The number of hydrogen-bond acceptors (Lipinski definition) is 5. The van der Waals surface area contributed by atoms with E-state index < -0.39 is 11.9 Å². The third-order valence-corrected chi connectivity index (χ3v) is 5.77. The molecule has 0 fully saturated rings. The fraction of sp³-hybridized carbons (Fsp3) is 0.529. The topological polar surface area (TPSA) is 110 Å². The molecule has 0 saturated heterocycles. The van der Waals surface area contributed by atoms with Gasteiger partial charge in [-0.05, 0) is 47.4 Å². The van der Waals surface area contributed by atoms with Crippen molar-refractivity contribution in [3.63, 3.8) is 0 Å². The Morgan fingerprint density at radius 3 is 1.46 bits per heavy atom. The van der Waals surface area contributed by atoms with Crippen LogP contribution in [0.5, 0.6) is 0 Å². The van der Waals surface area contributed by atoms with Crippen molar-refractivity contribution in [2.45, 2.75) is 40.0 Å². The van der Waals surface area contributed by atoms with E-state index in [1.165, 1.54) is 54.7 Å². The average molecular weight is 367 g/mol. The molecule has 0 saturated carbocycles. The van der Waals surface area contributed by atoms with Gasteiger partial charge in [-0.25, -0.2) is 0 Å². The molecular weight excluding hydrogens is 341 g/mol. The van der Waals surface area contributed by atoms with Crippen LogP contribution in [0.15, 0.2) is 24.3 Å². The number of aromatic carboxylic acids is 2. The van der Waals surface area contributed by atoms with Gasteiger partial charge in [0.1, 0.15) is 17.3 Å². The largest absolute Gasteiger partial charge is 2.00 e. The Hall–Kier alpha value is -0.764. The van der Waals surface area contributed by atoms with Gasteiger partial charge in [0.15, 0.2) is 0 Å². The summed E-state index contributed by atoms with van der Waals surface area (Å²) in [6.45, 7) is 6.89. The SMILES string of the molecule is CCC[S+](CCC)CCC.O=C([O-])c1cccc(C(=O)[O-])c1.[Mg+2].[OH-]. The number of carbonyl (C=O) groups excluding carboxylic acids is 2. The number of rotatable bonds is 8. The summed E-state index contributed by atoms with van der Waals surface area (Å²) in [5.41, 5.74) is -0.339. The molecule has 0 aromatic heterocycles. The van der Waals surface area contributed by atoms with Crippen LogP contribution in [0.25, 0.3) is 0 Å². The summed E-state index contributed by atoms with van der Waals surface area (Å²) in [5.74, 6) is 1.61. The van der Waals surface area contributed by atoms with E-state index in [4.69, 9.17) is 0 Å². The zero-order valence-electron chi connectivity index (χ0n) is 14.7. The van der Waals surface area contributed by atoms with Gasteiger partial charge >= 0.3 is 23.1 Å². The summed E-state index contributed by atoms with van der Waals surface area (Å²) < 4.78 is 0. The van der Waals surface area contributed by atoms with Crippen LogP contribution in [0.1, 0.15) is 60.7 Å². The van der Waals surface area contributed by atoms with Gasteiger partial charge in [0.25, 0.3) is 0 Å². The molecule has 0 radical (unpaired) electrons. The average Bonchev–Trinajstić information content (AvgIpc) is 2.49. The maximum absolute atomic E-state index is 10.3. The molecule has 0 aliphatic carbocycles. The molecule has 0 aliphatic heterocycles. The van der Waals surface area contributed by atoms with Gasteiger partial charge in [0, 0.05) is 0 Å². The molecule has 1 rings (SSSR count). The van der Waals surface area contributed by atoms with Crippen molar-refractivity contribution in [3.8, 4) is 0 Å². The van der Waals surface area contributed by atoms with Gasteiger partial charge in [-0.1, -0.05) is 39.0 Å². The van der Waals surface area contributed by atoms with Crippen LogP contribution in [-0.2, 0) is 10.9 Å². The van der Waals surface area contributed by atoms with Crippen molar-refractivity contribution in [2.24, 2.45) is 0 Å². The minimum Gasteiger partial charge on any atom is -0.870 e. The van der Waals surface area contributed by atoms with Gasteiger partial charge in [-0.15, -0.1) is 0 Å². The van der Waals surface area contributed by atoms with E-state index in [0.717, 1.165) is 17.0 Å². The Kier molecular flexibility index (Phi) is 20.0. The van der Waals surface area contributed by atoms with Crippen molar-refractivity contribution >= 4 is 45.9 Å². The minimum atomic E-state index is -1.40. The second kappa shape index (κ2) is 17.1. The fourth-order valence-corrected chi connectivity index (χ4v) is 4.29. The summed E-state index contributed by atoms with van der Waals surface area (Å²) in [4.78, 5) is 20.5. The number of benzene rings is 1. The molecule has 132 valence electrons. The molecule has 1 aromatic rings. The molecule has 0 spiro atoms. The van der Waals surface area contributed by atoms with Crippen LogP contribution in [0.2, 0.25) is 0 Å². The van der Waals surface area contributed by atoms with Crippen LogP contribution in [0.4, 0.5) is 0 Å². The monoisotopic (exact) mass is 366 g/mol. The maximum Gasteiger partial charge on any atom is 2.00 e. The zero-order valence-corrected chi connectivity index (χ0v) is 17.0. The Morgan fingerprint density at radius 2 is 1.21 bits per heavy atom. The number of carboxylic acids is 2. The quantitative estimate of drug-likeness (QED) is 0.496. The Labute approximate surface area is 163 Å². The smallest absolute Gasteiger partial charge is 0.870 e. The Balaban J connectivity index is -0.000000345. The first-order valence-electron chi connectivity index (χ1n) is 7.63. The summed E-state index contributed by atoms with van der Waals surface area (Å²) in [7, 11) is 0.775. The van der Waals surface area contributed by atoms with E-state index >= 15 is 0 Å². The third kappa shape index (κ3) is 12.6. The van der Waals surface area contributed by atoms with Gasteiger partial charge in [0.2, 0.25) is 0 Å². The predicted molar refractivity (Wildman–Crippen MR) is 95.6 cm³/mol. The second-order valence-electron chi connectivity index (χ2n) is 4.88. The summed E-state index contributed by atoms with van der Waals surface area (Å²) in [5, 5.41) is 20.5. The molecule has 1 N–H and O–H groups in total. The van der Waals surface area contributed by atoms with Crippen LogP contribution < -0.4 is 10.2 Å². The molecule has 7 heteroatoms. The Bertz CT molecular complexity index is 425. The van der Waals surface area contributed by atoms with E-state index in [9.17, 15) is 19.8 Å². The second-order valence-corrected chi connectivity index (χ2v) is 7.33. The van der Waals surface area contributed by atoms with Crippen molar-refractivity contribution in [1.29, 1.82) is 0 Å². The first-order valence-corrected chi connectivity index (χ1v) is 9.36. The fourth-order valence-electron chi connectivity index (χ4n) is 1.95. The molecular formula is C17H26MgO5S. The molecule has 24 heavy (non-hydrogen) atoms. The van der Waals surface area contributed by atoms with Gasteiger partial charge in [-0.2, -0.15) is 0 Å². The first-order chi connectivity index (χ1) is 10.5. The molecule has 0 aliphatic rings. The first kappa shape index (κ1) is 28.1. The van der Waals surface area contributed by atoms with Crippen molar-refractivity contribution < 1.29 is 25.3 Å². The van der Waals surface area contributed by atoms with E-state index in [-0.39, 0.29) is 39.7 Å². The number of carboxylic acid groups (broad SMARTS) is 2. The third-order valence-electron chi connectivity index (χ3n) is 2.81. The number of carbonyl (C=O) groups is 2. The number of hydrogen-bond donors (Lipinski definition) is 0. The standard InChI is InChI=1S/C9H21S.C8H6O4.Mg.H2O/c1-4-7-10(8-5-2)9-6-3;9-7(10)5-2-1-3-6(4-5)8(11)12;;/h4-9H2,1-3H3;1-4H,(H,9,10)(H,11,12);;1H2/q+1;;+2;/p-3. The molecule has 5 nitrogen and oxygen atoms in total. The van der Waals surface area contributed by atoms with Gasteiger partial charge < -0.3 is 25.3 Å². The van der Waals surface area contributed by atoms with Gasteiger partial charge in [0.05, 0.1) is 11.9 Å². The molecule has 0 unspecified atom stereocenters. The maximum atomic E-state index is 10.3. The summed E-state index contributed by atoms with van der Waals surface area (Å²) in [6, 6.07) is 4.81. The van der Waals surface area contributed by atoms with Crippen molar-refractivity contribution in [3.05, 3.63) is 35.4 Å². The van der Waals surface area contributed by atoms with Crippen molar-refractivity contribution in [2.75, 3.05) is 17.3 Å². The molecule has 0 amide bonds. The summed E-state index contributed by atoms with van der Waals surface area (Å²) in [6.07, 6.45) is 4.13. The van der Waals surface area contributed by atoms with Crippen LogP contribution in [-0.4, -0.2) is 57.7 Å². The van der Waals surface area contributed by atoms with E-state index in [0.29, 0.717) is 0 Å². The Morgan fingerprint density at radius 1 is 0.875 bits per heavy atom. The van der Waals surface area contributed by atoms with Crippen LogP contribution in [0.3, 0.4) is 0 Å². The normalized spacial score (nSPS) is 9.17. The minimum absolute atomic E-state index is 0. The van der Waals surface area contributed by atoms with E-state index in [2.05, 4.69) is 20.8 Å².